The van der Waals surface area contributed by atoms with E-state index in [2.05, 4.69) is 0 Å². The highest BCUT2D eigenvalue weighted by atomic mass is 35.5. The van der Waals surface area contributed by atoms with Gasteiger partial charge >= 0.3 is 0 Å². The van der Waals surface area contributed by atoms with E-state index in [-0.39, 0.29) is 5.75 Å². The lowest BCUT2D eigenvalue weighted by Gasteiger charge is -2.12. The molecule has 0 aliphatic carbocycles. The van der Waals surface area contributed by atoms with Gasteiger partial charge in [-0.3, -0.25) is 0 Å². The number of aliphatic hydroxyl groups excluding tert-OH is 1. The molecule has 5 heteroatoms. The third-order valence-electron chi connectivity index (χ3n) is 2.56. The molecule has 0 radical (unpaired) electrons. The van der Waals surface area contributed by atoms with Gasteiger partial charge in [0.05, 0.1) is 6.10 Å². The Labute approximate surface area is 126 Å². The first-order chi connectivity index (χ1) is 9.06. The number of hydrogen-bond donors (Lipinski definition) is 2. The zero-order chi connectivity index (χ0) is 13.8. The number of hydrogen-bond acceptors (Lipinski definition) is 3. The molecule has 0 aromatic heterocycles. The molecule has 0 spiro atoms. The first-order valence-corrected chi connectivity index (χ1v) is 7.35. The third-order valence-corrected chi connectivity index (χ3v) is 4.10. The third kappa shape index (κ3) is 4.05. The fraction of sp³-hybridized carbons (Fsp3) is 0.143. The molecule has 1 atom stereocenters. The van der Waals surface area contributed by atoms with Gasteiger partial charge in [-0.25, -0.2) is 0 Å². The smallest absolute Gasteiger partial charge is 0.122 e. The molecule has 0 saturated carbocycles. The quantitative estimate of drug-likeness (QED) is 0.815. The van der Waals surface area contributed by atoms with Crippen molar-refractivity contribution in [2.45, 2.75) is 11.0 Å². The van der Waals surface area contributed by atoms with Crippen molar-refractivity contribution in [2.24, 2.45) is 0 Å². The Hall–Kier alpha value is -0.870. The maximum Gasteiger partial charge on any atom is 0.122 e. The monoisotopic (exact) mass is 314 g/mol. The van der Waals surface area contributed by atoms with Gasteiger partial charge in [0.25, 0.3) is 0 Å². The van der Waals surface area contributed by atoms with E-state index in [0.29, 0.717) is 21.4 Å². The summed E-state index contributed by atoms with van der Waals surface area (Å²) in [6, 6.07) is 12.1. The molecule has 0 fully saturated rings. The van der Waals surface area contributed by atoms with Crippen LogP contribution in [0.25, 0.3) is 0 Å². The van der Waals surface area contributed by atoms with Crippen molar-refractivity contribution in [3.05, 3.63) is 58.1 Å². The van der Waals surface area contributed by atoms with Crippen molar-refractivity contribution < 1.29 is 10.2 Å². The van der Waals surface area contributed by atoms with Crippen molar-refractivity contribution in [2.75, 3.05) is 5.75 Å². The highest BCUT2D eigenvalue weighted by molar-refractivity contribution is 7.99. The summed E-state index contributed by atoms with van der Waals surface area (Å²) in [5.41, 5.74) is 0.471. The van der Waals surface area contributed by atoms with Crippen molar-refractivity contribution in [3.8, 4) is 5.75 Å². The molecule has 2 aromatic rings. The number of aromatic hydroxyl groups is 1. The second kappa shape index (κ2) is 6.53. The Balaban J connectivity index is 2.03. The largest absolute Gasteiger partial charge is 0.508 e. The predicted octanol–water partition coefficient (Wildman–Crippen LogP) is 4.52. The Morgan fingerprint density at radius 2 is 1.79 bits per heavy atom. The van der Waals surface area contributed by atoms with E-state index in [9.17, 15) is 10.2 Å². The molecule has 0 bridgehead atoms. The molecule has 2 aromatic carbocycles. The van der Waals surface area contributed by atoms with Gasteiger partial charge in [-0.2, -0.15) is 0 Å². The minimum absolute atomic E-state index is 0.00620. The van der Waals surface area contributed by atoms with E-state index in [1.165, 1.54) is 17.8 Å². The summed E-state index contributed by atoms with van der Waals surface area (Å²) in [6.07, 6.45) is -0.763. The number of phenolic OH excluding ortho intramolecular Hbond substituents is 1. The molecular weight excluding hydrogens is 303 g/mol. The van der Waals surface area contributed by atoms with Gasteiger partial charge in [-0.1, -0.05) is 35.3 Å². The van der Waals surface area contributed by atoms with Crippen LogP contribution in [0.15, 0.2) is 47.4 Å². The molecule has 2 rings (SSSR count). The summed E-state index contributed by atoms with van der Waals surface area (Å²) in [5, 5.41) is 20.9. The van der Waals surface area contributed by atoms with Gasteiger partial charge in [-0.15, -0.1) is 11.8 Å². The molecular formula is C14H12Cl2O2S. The zero-order valence-corrected chi connectivity index (χ0v) is 12.2. The number of benzene rings is 2. The molecule has 0 aliphatic heterocycles. The van der Waals surface area contributed by atoms with Crippen LogP contribution in [0.1, 0.15) is 11.7 Å². The second-order valence-electron chi connectivity index (χ2n) is 3.99. The van der Waals surface area contributed by atoms with Crippen molar-refractivity contribution in [1.82, 2.24) is 0 Å². The van der Waals surface area contributed by atoms with Gasteiger partial charge in [-0.05, 0) is 30.3 Å². The molecule has 2 N–H and O–H groups in total. The summed E-state index contributed by atoms with van der Waals surface area (Å²) < 4.78 is 0. The number of rotatable bonds is 4. The first kappa shape index (κ1) is 14.5. The van der Waals surface area contributed by atoms with Gasteiger partial charge in [0.2, 0.25) is 0 Å². The highest BCUT2D eigenvalue weighted by Crippen LogP contribution is 2.31. The summed E-state index contributed by atoms with van der Waals surface area (Å²) in [7, 11) is 0. The van der Waals surface area contributed by atoms with Gasteiger partial charge in [0.1, 0.15) is 5.75 Å². The lowest BCUT2D eigenvalue weighted by molar-refractivity contribution is 0.199. The van der Waals surface area contributed by atoms with E-state index < -0.39 is 6.10 Å². The minimum Gasteiger partial charge on any atom is -0.508 e. The summed E-state index contributed by atoms with van der Waals surface area (Å²) in [6.45, 7) is 0. The molecule has 0 heterocycles. The van der Waals surface area contributed by atoms with Crippen LogP contribution in [0.5, 0.6) is 5.75 Å². The molecule has 0 aliphatic rings. The van der Waals surface area contributed by atoms with Crippen LogP contribution in [0.2, 0.25) is 10.0 Å². The van der Waals surface area contributed by atoms with Crippen LogP contribution >= 0.6 is 35.0 Å². The molecule has 0 saturated heterocycles. The maximum atomic E-state index is 10.1. The van der Waals surface area contributed by atoms with E-state index >= 15 is 0 Å². The van der Waals surface area contributed by atoms with E-state index in [1.54, 1.807) is 18.2 Å². The number of thioether (sulfide) groups is 1. The normalized spacial score (nSPS) is 12.4. The van der Waals surface area contributed by atoms with E-state index in [4.69, 9.17) is 23.2 Å². The number of aliphatic hydroxyl groups is 1. The Bertz CT molecular complexity index is 575. The minimum atomic E-state index is -0.763. The molecule has 0 amide bonds. The zero-order valence-electron chi connectivity index (χ0n) is 9.88. The maximum absolute atomic E-state index is 10.1. The van der Waals surface area contributed by atoms with Crippen molar-refractivity contribution in [1.29, 1.82) is 0 Å². The first-order valence-electron chi connectivity index (χ1n) is 5.61. The Morgan fingerprint density at radius 1 is 1.05 bits per heavy atom. The van der Waals surface area contributed by atoms with Gasteiger partial charge in [0.15, 0.2) is 0 Å². The standard InChI is InChI=1S/C14H12Cl2O2S/c15-9-2-1-3-11(6-9)19-8-14(18)12-5-4-10(16)7-13(12)17/h1-7,14,17-18H,8H2. The Kier molecular flexibility index (Phi) is 4.99. The van der Waals surface area contributed by atoms with Crippen LogP contribution in [0, 0.1) is 0 Å². The summed E-state index contributed by atoms with van der Waals surface area (Å²) in [5.74, 6) is 0.432. The van der Waals surface area contributed by atoms with Gasteiger partial charge in [0, 0.05) is 26.3 Å². The van der Waals surface area contributed by atoms with Crippen molar-refractivity contribution in [3.63, 3.8) is 0 Å². The fourth-order valence-electron chi connectivity index (χ4n) is 1.62. The second-order valence-corrected chi connectivity index (χ2v) is 5.95. The number of halogens is 2. The molecule has 100 valence electrons. The van der Waals surface area contributed by atoms with Crippen LogP contribution < -0.4 is 0 Å². The van der Waals surface area contributed by atoms with Crippen LogP contribution in [0.3, 0.4) is 0 Å². The van der Waals surface area contributed by atoms with Crippen LogP contribution in [-0.2, 0) is 0 Å². The lowest BCUT2D eigenvalue weighted by atomic mass is 10.1. The average Bonchev–Trinajstić information content (AvgIpc) is 2.36. The Morgan fingerprint density at radius 3 is 2.47 bits per heavy atom. The summed E-state index contributed by atoms with van der Waals surface area (Å²) in [4.78, 5) is 0.972. The van der Waals surface area contributed by atoms with E-state index in [0.717, 1.165) is 4.90 Å². The molecule has 2 nitrogen and oxygen atoms in total. The summed E-state index contributed by atoms with van der Waals surface area (Å²) >= 11 is 13.1. The molecule has 19 heavy (non-hydrogen) atoms. The average molecular weight is 315 g/mol. The van der Waals surface area contributed by atoms with Crippen LogP contribution in [-0.4, -0.2) is 16.0 Å². The van der Waals surface area contributed by atoms with Crippen LogP contribution in [0.4, 0.5) is 0 Å². The SMILES string of the molecule is Oc1cc(Cl)ccc1C(O)CSc1cccc(Cl)c1. The fourth-order valence-corrected chi connectivity index (χ4v) is 2.96. The van der Waals surface area contributed by atoms with Gasteiger partial charge < -0.3 is 10.2 Å². The predicted molar refractivity (Wildman–Crippen MR) is 80.3 cm³/mol. The highest BCUT2D eigenvalue weighted by Gasteiger charge is 2.13. The van der Waals surface area contributed by atoms with E-state index in [1.807, 2.05) is 18.2 Å². The topological polar surface area (TPSA) is 40.5 Å². The lowest BCUT2D eigenvalue weighted by Crippen LogP contribution is -2.00. The van der Waals surface area contributed by atoms with Crippen molar-refractivity contribution >= 4 is 35.0 Å². The number of phenols is 1. The molecule has 1 unspecified atom stereocenters.